The number of carbonyl (C=O) groups is 1. The first-order valence-corrected chi connectivity index (χ1v) is 8.87. The minimum Gasteiger partial charge on any atom is -0.493 e. The van der Waals surface area contributed by atoms with Crippen LogP contribution in [-0.2, 0) is 11.3 Å². The van der Waals surface area contributed by atoms with Crippen LogP contribution in [0.3, 0.4) is 0 Å². The van der Waals surface area contributed by atoms with Gasteiger partial charge in [-0.3, -0.25) is 0 Å². The van der Waals surface area contributed by atoms with Crippen molar-refractivity contribution < 1.29 is 18.7 Å². The molecule has 0 spiro atoms. The van der Waals surface area contributed by atoms with Crippen LogP contribution in [0.1, 0.15) is 30.1 Å². The maximum Gasteiger partial charge on any atom is 0.338 e. The fourth-order valence-electron chi connectivity index (χ4n) is 2.18. The van der Waals surface area contributed by atoms with Gasteiger partial charge in [0, 0.05) is 10.6 Å². The lowest BCUT2D eigenvalue weighted by atomic mass is 10.2. The standard InChI is InChI=1S/C20H19ClN2O4/c1-13(2)11-25-17-9-5-15(6-10-17)20(24)26-12-18-22-23-19(27-18)14-3-7-16(21)8-4-14/h3-10,13H,11-12H2,1-2H3. The number of carbonyl (C=O) groups excluding carboxylic acids is 1. The van der Waals surface area contributed by atoms with E-state index in [4.69, 9.17) is 25.5 Å². The third-order valence-electron chi connectivity index (χ3n) is 3.56. The van der Waals surface area contributed by atoms with Gasteiger partial charge in [-0.25, -0.2) is 4.79 Å². The average Bonchev–Trinajstić information content (AvgIpc) is 3.14. The molecule has 0 atom stereocenters. The van der Waals surface area contributed by atoms with E-state index in [1.54, 1.807) is 48.5 Å². The molecule has 6 nitrogen and oxygen atoms in total. The van der Waals surface area contributed by atoms with Crippen molar-refractivity contribution in [2.24, 2.45) is 5.92 Å². The number of aromatic nitrogens is 2. The molecule has 0 bridgehead atoms. The normalized spacial score (nSPS) is 10.8. The Hall–Kier alpha value is -2.86. The lowest BCUT2D eigenvalue weighted by Gasteiger charge is -2.09. The summed E-state index contributed by atoms with van der Waals surface area (Å²) in [7, 11) is 0. The van der Waals surface area contributed by atoms with Gasteiger partial charge in [-0.1, -0.05) is 25.4 Å². The van der Waals surface area contributed by atoms with Gasteiger partial charge >= 0.3 is 5.97 Å². The third-order valence-corrected chi connectivity index (χ3v) is 3.81. The summed E-state index contributed by atoms with van der Waals surface area (Å²) in [5.74, 6) is 1.22. The third kappa shape index (κ3) is 5.31. The van der Waals surface area contributed by atoms with Gasteiger partial charge in [0.05, 0.1) is 12.2 Å². The lowest BCUT2D eigenvalue weighted by molar-refractivity contribution is 0.0438. The molecule has 0 saturated heterocycles. The van der Waals surface area contributed by atoms with E-state index in [0.29, 0.717) is 34.8 Å². The first kappa shape index (κ1) is 18.9. The summed E-state index contributed by atoms with van der Waals surface area (Å²) in [5, 5.41) is 8.45. The Morgan fingerprint density at radius 2 is 1.78 bits per heavy atom. The van der Waals surface area contributed by atoms with Crippen LogP contribution in [0.15, 0.2) is 52.9 Å². The number of rotatable bonds is 7. The van der Waals surface area contributed by atoms with Crippen LogP contribution in [0.2, 0.25) is 5.02 Å². The van der Waals surface area contributed by atoms with E-state index >= 15 is 0 Å². The molecule has 0 amide bonds. The second kappa shape index (κ2) is 8.68. The van der Waals surface area contributed by atoms with Gasteiger partial charge in [0.1, 0.15) is 5.75 Å². The second-order valence-corrected chi connectivity index (χ2v) is 6.75. The Balaban J connectivity index is 1.55. The summed E-state index contributed by atoms with van der Waals surface area (Å²) < 4.78 is 16.3. The van der Waals surface area contributed by atoms with Crippen molar-refractivity contribution in [1.29, 1.82) is 0 Å². The van der Waals surface area contributed by atoms with E-state index in [0.717, 1.165) is 5.56 Å². The molecule has 0 aliphatic carbocycles. The largest absolute Gasteiger partial charge is 0.493 e. The fourth-order valence-corrected chi connectivity index (χ4v) is 2.31. The van der Waals surface area contributed by atoms with Crippen LogP contribution < -0.4 is 4.74 Å². The molecule has 1 heterocycles. The Labute approximate surface area is 162 Å². The van der Waals surface area contributed by atoms with Crippen LogP contribution in [0.25, 0.3) is 11.5 Å². The summed E-state index contributed by atoms with van der Waals surface area (Å²) in [6, 6.07) is 13.8. The first-order chi connectivity index (χ1) is 13.0. The molecule has 0 aliphatic heterocycles. The minimum absolute atomic E-state index is 0.106. The quantitative estimate of drug-likeness (QED) is 0.544. The molecule has 0 radical (unpaired) electrons. The van der Waals surface area contributed by atoms with Crippen LogP contribution in [0.5, 0.6) is 5.75 Å². The average molecular weight is 387 g/mol. The number of hydrogen-bond acceptors (Lipinski definition) is 6. The molecule has 140 valence electrons. The second-order valence-electron chi connectivity index (χ2n) is 6.31. The van der Waals surface area contributed by atoms with Crippen molar-refractivity contribution in [3.05, 3.63) is 65.0 Å². The van der Waals surface area contributed by atoms with Crippen molar-refractivity contribution in [2.45, 2.75) is 20.5 Å². The molecule has 1 aromatic heterocycles. The molecule has 0 N–H and O–H groups in total. The summed E-state index contributed by atoms with van der Waals surface area (Å²) >= 11 is 5.86. The van der Waals surface area contributed by atoms with Gasteiger partial charge in [-0.05, 0) is 54.4 Å². The van der Waals surface area contributed by atoms with Crippen LogP contribution in [0.4, 0.5) is 0 Å². The van der Waals surface area contributed by atoms with E-state index in [-0.39, 0.29) is 12.5 Å². The van der Waals surface area contributed by atoms with E-state index < -0.39 is 5.97 Å². The first-order valence-electron chi connectivity index (χ1n) is 8.49. The monoisotopic (exact) mass is 386 g/mol. The molecule has 0 fully saturated rings. The number of hydrogen-bond donors (Lipinski definition) is 0. The van der Waals surface area contributed by atoms with E-state index in [1.807, 2.05) is 0 Å². The summed E-state index contributed by atoms with van der Waals surface area (Å²) in [6.45, 7) is 4.66. The predicted molar refractivity (Wildman–Crippen MR) is 101 cm³/mol. The molecule has 2 aromatic carbocycles. The SMILES string of the molecule is CC(C)COc1ccc(C(=O)OCc2nnc(-c3ccc(Cl)cc3)o2)cc1. The summed E-state index contributed by atoms with van der Waals surface area (Å²) in [4.78, 5) is 12.1. The minimum atomic E-state index is -0.475. The molecule has 3 rings (SSSR count). The van der Waals surface area contributed by atoms with Crippen molar-refractivity contribution in [3.8, 4) is 17.2 Å². The van der Waals surface area contributed by atoms with E-state index in [2.05, 4.69) is 24.0 Å². The van der Waals surface area contributed by atoms with Gasteiger partial charge in [0.15, 0.2) is 6.61 Å². The molecular formula is C20H19ClN2O4. The highest BCUT2D eigenvalue weighted by Gasteiger charge is 2.12. The summed E-state index contributed by atoms with van der Waals surface area (Å²) in [6.07, 6.45) is 0. The Kier molecular flexibility index (Phi) is 6.08. The smallest absolute Gasteiger partial charge is 0.338 e. The van der Waals surface area contributed by atoms with Crippen LogP contribution in [-0.4, -0.2) is 22.8 Å². The molecule has 27 heavy (non-hydrogen) atoms. The zero-order valence-corrected chi connectivity index (χ0v) is 15.8. The molecule has 0 saturated carbocycles. The molecule has 0 unspecified atom stereocenters. The van der Waals surface area contributed by atoms with Crippen LogP contribution in [0, 0.1) is 5.92 Å². The molecule has 7 heteroatoms. The van der Waals surface area contributed by atoms with Crippen molar-refractivity contribution in [2.75, 3.05) is 6.61 Å². The Morgan fingerprint density at radius 1 is 1.07 bits per heavy atom. The number of ether oxygens (including phenoxy) is 2. The summed E-state index contributed by atoms with van der Waals surface area (Å²) in [5.41, 5.74) is 1.16. The number of benzene rings is 2. The zero-order chi connectivity index (χ0) is 19.2. The van der Waals surface area contributed by atoms with Gasteiger partial charge in [-0.15, -0.1) is 10.2 Å². The number of nitrogens with zero attached hydrogens (tertiary/aromatic N) is 2. The number of esters is 1. The van der Waals surface area contributed by atoms with Crippen LogP contribution >= 0.6 is 11.6 Å². The fraction of sp³-hybridized carbons (Fsp3) is 0.250. The molecule has 3 aromatic rings. The van der Waals surface area contributed by atoms with E-state index in [9.17, 15) is 4.79 Å². The maximum atomic E-state index is 12.1. The molecular weight excluding hydrogens is 368 g/mol. The molecule has 0 aliphatic rings. The highest BCUT2D eigenvalue weighted by atomic mass is 35.5. The van der Waals surface area contributed by atoms with E-state index in [1.165, 1.54) is 0 Å². The van der Waals surface area contributed by atoms with Gasteiger partial charge in [-0.2, -0.15) is 0 Å². The topological polar surface area (TPSA) is 74.5 Å². The number of halogens is 1. The van der Waals surface area contributed by atoms with Gasteiger partial charge in [0.25, 0.3) is 5.89 Å². The van der Waals surface area contributed by atoms with Crippen molar-refractivity contribution >= 4 is 17.6 Å². The van der Waals surface area contributed by atoms with Gasteiger partial charge in [0.2, 0.25) is 5.89 Å². The maximum absolute atomic E-state index is 12.1. The Bertz CT molecular complexity index is 889. The predicted octanol–water partition coefficient (Wildman–Crippen LogP) is 4.78. The van der Waals surface area contributed by atoms with Gasteiger partial charge < -0.3 is 13.9 Å². The van der Waals surface area contributed by atoms with Crippen molar-refractivity contribution in [3.63, 3.8) is 0 Å². The Morgan fingerprint density at radius 3 is 2.44 bits per heavy atom. The highest BCUT2D eigenvalue weighted by Crippen LogP contribution is 2.20. The van der Waals surface area contributed by atoms with Crippen molar-refractivity contribution in [1.82, 2.24) is 10.2 Å². The zero-order valence-electron chi connectivity index (χ0n) is 15.0. The lowest BCUT2D eigenvalue weighted by Crippen LogP contribution is -2.07. The highest BCUT2D eigenvalue weighted by molar-refractivity contribution is 6.30.